The van der Waals surface area contributed by atoms with E-state index in [2.05, 4.69) is 19.9 Å². The van der Waals surface area contributed by atoms with Gasteiger partial charge in [0.05, 0.1) is 23.8 Å². The number of esters is 1. The van der Waals surface area contributed by atoms with E-state index in [4.69, 9.17) is 0 Å². The number of nitrogens with zero attached hydrogens (tertiary/aromatic N) is 2. The van der Waals surface area contributed by atoms with Crippen LogP contribution in [0.2, 0.25) is 0 Å². The molecule has 6 heteroatoms. The lowest BCUT2D eigenvalue weighted by atomic mass is 9.89. The average molecular weight is 291 g/mol. The molecule has 1 amide bonds. The van der Waals surface area contributed by atoms with Crippen LogP contribution >= 0.6 is 0 Å². The van der Waals surface area contributed by atoms with Crippen LogP contribution in [-0.2, 0) is 16.1 Å². The van der Waals surface area contributed by atoms with Crippen molar-refractivity contribution in [2.45, 2.75) is 19.9 Å². The van der Waals surface area contributed by atoms with Gasteiger partial charge in [-0.25, -0.2) is 4.79 Å². The van der Waals surface area contributed by atoms with Crippen molar-refractivity contribution in [1.29, 1.82) is 0 Å². The summed E-state index contributed by atoms with van der Waals surface area (Å²) in [5.41, 5.74) is 0.988. The van der Waals surface area contributed by atoms with Crippen LogP contribution in [0.1, 0.15) is 29.4 Å². The van der Waals surface area contributed by atoms with E-state index in [1.54, 1.807) is 13.1 Å². The van der Waals surface area contributed by atoms with Crippen molar-refractivity contribution in [3.05, 3.63) is 29.6 Å². The Morgan fingerprint density at radius 3 is 2.81 bits per heavy atom. The van der Waals surface area contributed by atoms with Crippen molar-refractivity contribution in [2.24, 2.45) is 5.41 Å². The Bertz CT molecular complexity index is 529. The first kappa shape index (κ1) is 15.4. The normalized spacial score (nSPS) is 22.0. The number of aromatic nitrogens is 1. The lowest BCUT2D eigenvalue weighted by molar-refractivity contribution is -0.129. The molecule has 0 saturated carbocycles. The van der Waals surface area contributed by atoms with Crippen molar-refractivity contribution in [3.63, 3.8) is 0 Å². The summed E-state index contributed by atoms with van der Waals surface area (Å²) in [6.45, 7) is 4.24. The fraction of sp³-hybridized carbons (Fsp3) is 0.533. The van der Waals surface area contributed by atoms with Gasteiger partial charge in [-0.05, 0) is 32.0 Å². The predicted molar refractivity (Wildman–Crippen MR) is 77.6 cm³/mol. The quantitative estimate of drug-likeness (QED) is 0.832. The summed E-state index contributed by atoms with van der Waals surface area (Å²) in [5.74, 6) is -0.304. The lowest BCUT2D eigenvalue weighted by Crippen LogP contribution is -2.39. The number of carbonyl (C=O) groups is 2. The molecule has 1 aromatic heterocycles. The number of amides is 1. The molecular weight excluding hydrogens is 270 g/mol. The molecule has 21 heavy (non-hydrogen) atoms. The minimum Gasteiger partial charge on any atom is -0.465 e. The molecule has 1 unspecified atom stereocenters. The van der Waals surface area contributed by atoms with Crippen LogP contribution in [0.25, 0.3) is 0 Å². The average Bonchev–Trinajstić information content (AvgIpc) is 2.88. The van der Waals surface area contributed by atoms with Crippen molar-refractivity contribution in [2.75, 3.05) is 27.2 Å². The maximum atomic E-state index is 11.9. The molecule has 0 aliphatic carbocycles. The van der Waals surface area contributed by atoms with Gasteiger partial charge in [-0.15, -0.1) is 0 Å². The van der Waals surface area contributed by atoms with E-state index in [0.717, 1.165) is 18.7 Å². The monoisotopic (exact) mass is 291 g/mol. The topological polar surface area (TPSA) is 71.5 Å². The zero-order valence-electron chi connectivity index (χ0n) is 12.7. The molecular formula is C15H21N3O3. The van der Waals surface area contributed by atoms with Gasteiger partial charge in [0.2, 0.25) is 5.91 Å². The third-order valence-corrected chi connectivity index (χ3v) is 3.96. The highest BCUT2D eigenvalue weighted by Gasteiger charge is 2.39. The molecule has 1 N–H and O–H groups in total. The highest BCUT2D eigenvalue weighted by atomic mass is 16.5. The van der Waals surface area contributed by atoms with Crippen LogP contribution in [0.15, 0.2) is 18.3 Å². The molecule has 2 rings (SSSR count). The summed E-state index contributed by atoms with van der Waals surface area (Å²) >= 11 is 0. The van der Waals surface area contributed by atoms with E-state index in [1.807, 2.05) is 13.0 Å². The highest BCUT2D eigenvalue weighted by Crippen LogP contribution is 2.30. The van der Waals surface area contributed by atoms with Crippen LogP contribution in [-0.4, -0.2) is 49.0 Å². The third kappa shape index (κ3) is 3.39. The number of likely N-dealkylation sites (tertiary alicyclic amines) is 1. The summed E-state index contributed by atoms with van der Waals surface area (Å²) in [4.78, 5) is 29.7. The van der Waals surface area contributed by atoms with Gasteiger partial charge in [0, 0.05) is 26.3 Å². The smallest absolute Gasteiger partial charge is 0.339 e. The van der Waals surface area contributed by atoms with Crippen LogP contribution < -0.4 is 5.32 Å². The summed E-state index contributed by atoms with van der Waals surface area (Å²) in [6, 6.07) is 3.53. The minimum absolute atomic E-state index is 0.0824. The number of ether oxygens (including phenoxy) is 1. The first-order chi connectivity index (χ1) is 9.98. The maximum absolute atomic E-state index is 11.9. The molecule has 1 atom stereocenters. The standard InChI is InChI=1S/C15H21N3O3/c1-15(14(20)16-2)6-7-18(10-15)9-12-5-4-11(8-17-12)13(19)21-3/h4-5,8H,6-7,9-10H2,1-3H3,(H,16,20). The number of hydrogen-bond donors (Lipinski definition) is 1. The molecule has 0 aromatic carbocycles. The van der Waals surface area contributed by atoms with Gasteiger partial charge in [0.1, 0.15) is 0 Å². The first-order valence-electron chi connectivity index (χ1n) is 6.96. The Kier molecular flexibility index (Phi) is 4.57. The summed E-state index contributed by atoms with van der Waals surface area (Å²) in [7, 11) is 3.02. The molecule has 1 aliphatic heterocycles. The van der Waals surface area contributed by atoms with E-state index >= 15 is 0 Å². The number of pyridine rings is 1. The number of rotatable bonds is 4. The number of hydrogen-bond acceptors (Lipinski definition) is 5. The van der Waals surface area contributed by atoms with Crippen molar-refractivity contribution >= 4 is 11.9 Å². The number of methoxy groups -OCH3 is 1. The Hall–Kier alpha value is -1.95. The summed E-state index contributed by atoms with van der Waals surface area (Å²) in [5, 5.41) is 2.73. The zero-order chi connectivity index (χ0) is 15.5. The number of nitrogens with one attached hydrogen (secondary N) is 1. The largest absolute Gasteiger partial charge is 0.465 e. The van der Waals surface area contributed by atoms with E-state index < -0.39 is 0 Å². The molecule has 2 heterocycles. The van der Waals surface area contributed by atoms with Gasteiger partial charge < -0.3 is 10.1 Å². The summed E-state index contributed by atoms with van der Waals surface area (Å²) in [6.07, 6.45) is 2.36. The van der Waals surface area contributed by atoms with Crippen LogP contribution in [0.3, 0.4) is 0 Å². The van der Waals surface area contributed by atoms with Crippen LogP contribution in [0, 0.1) is 5.41 Å². The van der Waals surface area contributed by atoms with Crippen molar-refractivity contribution in [3.8, 4) is 0 Å². The Labute approximate surface area is 124 Å². The van der Waals surface area contributed by atoms with Gasteiger partial charge in [-0.2, -0.15) is 0 Å². The second kappa shape index (κ2) is 6.22. The predicted octanol–water partition coefficient (Wildman–Crippen LogP) is 0.826. The number of carbonyl (C=O) groups excluding carboxylic acids is 2. The Morgan fingerprint density at radius 2 is 2.24 bits per heavy atom. The lowest BCUT2D eigenvalue weighted by Gasteiger charge is -2.22. The van der Waals surface area contributed by atoms with Gasteiger partial charge in [0.15, 0.2) is 0 Å². The third-order valence-electron chi connectivity index (χ3n) is 3.96. The summed E-state index contributed by atoms with van der Waals surface area (Å²) < 4.78 is 4.64. The van der Waals surface area contributed by atoms with Crippen molar-refractivity contribution in [1.82, 2.24) is 15.2 Å². The van der Waals surface area contributed by atoms with Gasteiger partial charge in [-0.3, -0.25) is 14.7 Å². The molecule has 114 valence electrons. The van der Waals surface area contributed by atoms with E-state index in [0.29, 0.717) is 18.7 Å². The molecule has 0 bridgehead atoms. The molecule has 0 spiro atoms. The molecule has 1 aromatic rings. The molecule has 1 saturated heterocycles. The SMILES string of the molecule is CNC(=O)C1(C)CCN(Cc2ccc(C(=O)OC)cn2)C1. The van der Waals surface area contributed by atoms with Gasteiger partial charge >= 0.3 is 5.97 Å². The van der Waals surface area contributed by atoms with Crippen LogP contribution in [0.4, 0.5) is 0 Å². The van der Waals surface area contributed by atoms with Gasteiger partial charge in [-0.1, -0.05) is 0 Å². The van der Waals surface area contributed by atoms with Gasteiger partial charge in [0.25, 0.3) is 0 Å². The molecule has 6 nitrogen and oxygen atoms in total. The van der Waals surface area contributed by atoms with E-state index in [1.165, 1.54) is 13.3 Å². The Balaban J connectivity index is 1.97. The second-order valence-electron chi connectivity index (χ2n) is 5.63. The fourth-order valence-electron chi connectivity index (χ4n) is 2.66. The van der Waals surface area contributed by atoms with Crippen LogP contribution in [0.5, 0.6) is 0 Å². The second-order valence-corrected chi connectivity index (χ2v) is 5.63. The first-order valence-corrected chi connectivity index (χ1v) is 6.96. The minimum atomic E-state index is -0.387. The fourth-order valence-corrected chi connectivity index (χ4v) is 2.66. The van der Waals surface area contributed by atoms with E-state index in [-0.39, 0.29) is 17.3 Å². The molecule has 1 aliphatic rings. The molecule has 0 radical (unpaired) electrons. The maximum Gasteiger partial charge on any atom is 0.339 e. The van der Waals surface area contributed by atoms with E-state index in [9.17, 15) is 9.59 Å². The van der Waals surface area contributed by atoms with Crippen molar-refractivity contribution < 1.29 is 14.3 Å². The zero-order valence-corrected chi connectivity index (χ0v) is 12.7. The molecule has 1 fully saturated rings. The Morgan fingerprint density at radius 1 is 1.48 bits per heavy atom. The highest BCUT2D eigenvalue weighted by molar-refractivity contribution is 5.88.